The van der Waals surface area contributed by atoms with Gasteiger partial charge in [-0.1, -0.05) is 24.3 Å². The molecule has 0 radical (unpaired) electrons. The Morgan fingerprint density at radius 3 is 2.74 bits per heavy atom. The summed E-state index contributed by atoms with van der Waals surface area (Å²) < 4.78 is 0. The number of hydrogen-bond acceptors (Lipinski definition) is 5. The third kappa shape index (κ3) is 3.85. The monoisotopic (exact) mass is 456 g/mol. The zero-order valence-corrected chi connectivity index (χ0v) is 19.7. The number of pyridine rings is 1. The van der Waals surface area contributed by atoms with Crippen LogP contribution in [-0.2, 0) is 5.54 Å². The van der Waals surface area contributed by atoms with Gasteiger partial charge < -0.3 is 15.3 Å². The van der Waals surface area contributed by atoms with E-state index in [1.807, 2.05) is 37.4 Å². The summed E-state index contributed by atoms with van der Waals surface area (Å²) in [5, 5.41) is 14.5. The fourth-order valence-corrected chi connectivity index (χ4v) is 5.65. The van der Waals surface area contributed by atoms with Gasteiger partial charge in [-0.2, -0.15) is 0 Å². The van der Waals surface area contributed by atoms with Gasteiger partial charge in [0, 0.05) is 48.5 Å². The van der Waals surface area contributed by atoms with Crippen LogP contribution in [0.5, 0.6) is 0 Å². The molecule has 34 heavy (non-hydrogen) atoms. The normalized spacial score (nSPS) is 22.4. The first kappa shape index (κ1) is 21.6. The van der Waals surface area contributed by atoms with Crippen LogP contribution in [0.25, 0.3) is 10.9 Å². The summed E-state index contributed by atoms with van der Waals surface area (Å²) in [6.07, 6.45) is 5.53. The molecule has 0 bridgehead atoms. The maximum absolute atomic E-state index is 13.5. The molecule has 6 nitrogen and oxygen atoms in total. The number of benzene rings is 2. The van der Waals surface area contributed by atoms with Crippen molar-refractivity contribution in [2.24, 2.45) is 0 Å². The summed E-state index contributed by atoms with van der Waals surface area (Å²) >= 11 is 0. The van der Waals surface area contributed by atoms with E-state index in [0.29, 0.717) is 6.04 Å². The van der Waals surface area contributed by atoms with Gasteiger partial charge in [-0.25, -0.2) is 0 Å². The third-order valence-corrected chi connectivity index (χ3v) is 7.90. The van der Waals surface area contributed by atoms with E-state index in [2.05, 4.69) is 44.4 Å². The second kappa shape index (κ2) is 8.36. The Morgan fingerprint density at radius 2 is 1.94 bits per heavy atom. The number of aliphatic hydroxyl groups is 1. The second-order valence-electron chi connectivity index (χ2n) is 10.3. The molecule has 0 spiro atoms. The van der Waals surface area contributed by atoms with Crippen LogP contribution >= 0.6 is 0 Å². The molecule has 3 fully saturated rings. The van der Waals surface area contributed by atoms with E-state index in [1.165, 1.54) is 0 Å². The highest BCUT2D eigenvalue weighted by atomic mass is 16.3. The van der Waals surface area contributed by atoms with Crippen molar-refractivity contribution in [2.45, 2.75) is 50.3 Å². The van der Waals surface area contributed by atoms with Crippen molar-refractivity contribution in [3.05, 3.63) is 71.4 Å². The summed E-state index contributed by atoms with van der Waals surface area (Å²) in [6.45, 7) is 5.76. The Bertz CT molecular complexity index is 1230. The number of nitrogens with zero attached hydrogens (tertiary/aromatic N) is 3. The van der Waals surface area contributed by atoms with E-state index in [1.54, 1.807) is 0 Å². The SMILES string of the molecule is Cc1ccc(N2CC(N3CCCC(O)C3)C2)cc1C(=O)NC1(c2ccnc3ccccc23)CC1. The Kier molecular flexibility index (Phi) is 5.30. The first-order chi connectivity index (χ1) is 16.5. The summed E-state index contributed by atoms with van der Waals surface area (Å²) in [4.78, 5) is 22.7. The van der Waals surface area contributed by atoms with Gasteiger partial charge >= 0.3 is 0 Å². The number of aromatic nitrogens is 1. The average Bonchev–Trinajstić information content (AvgIpc) is 3.59. The number of aryl methyl sites for hydroxylation is 1. The van der Waals surface area contributed by atoms with Crippen molar-refractivity contribution in [3.8, 4) is 0 Å². The van der Waals surface area contributed by atoms with E-state index in [9.17, 15) is 9.90 Å². The molecule has 3 aromatic rings. The van der Waals surface area contributed by atoms with Crippen LogP contribution in [0.4, 0.5) is 5.69 Å². The van der Waals surface area contributed by atoms with Gasteiger partial charge in [-0.15, -0.1) is 0 Å². The number of likely N-dealkylation sites (tertiary alicyclic amines) is 1. The number of para-hydroxylation sites is 1. The van der Waals surface area contributed by atoms with Crippen LogP contribution in [0.15, 0.2) is 54.7 Å². The minimum absolute atomic E-state index is 0.00558. The molecular formula is C28H32N4O2. The number of β-amino-alcohol motifs (C(OH)–C–C–N with tert-alkyl or cyclic N) is 1. The zero-order chi connectivity index (χ0) is 23.3. The minimum atomic E-state index is -0.307. The van der Waals surface area contributed by atoms with E-state index < -0.39 is 0 Å². The fourth-order valence-electron chi connectivity index (χ4n) is 5.65. The van der Waals surface area contributed by atoms with Crippen LogP contribution < -0.4 is 10.2 Å². The molecule has 1 aromatic heterocycles. The first-order valence-electron chi connectivity index (χ1n) is 12.5. The Hall–Kier alpha value is -2.96. The molecule has 1 saturated carbocycles. The molecule has 6 heteroatoms. The average molecular weight is 457 g/mol. The summed E-state index contributed by atoms with van der Waals surface area (Å²) in [5.41, 5.74) is 4.66. The van der Waals surface area contributed by atoms with E-state index in [0.717, 1.165) is 85.1 Å². The summed E-state index contributed by atoms with van der Waals surface area (Å²) in [7, 11) is 0. The summed E-state index contributed by atoms with van der Waals surface area (Å²) in [5.74, 6) is -0.00558. The minimum Gasteiger partial charge on any atom is -0.392 e. The smallest absolute Gasteiger partial charge is 0.252 e. The van der Waals surface area contributed by atoms with Gasteiger partial charge in [0.05, 0.1) is 17.2 Å². The maximum atomic E-state index is 13.5. The number of hydrogen-bond donors (Lipinski definition) is 2. The number of piperidine rings is 1. The van der Waals surface area contributed by atoms with Gasteiger partial charge in [0.1, 0.15) is 0 Å². The molecule has 176 valence electrons. The molecule has 2 saturated heterocycles. The van der Waals surface area contributed by atoms with Crippen LogP contribution in [-0.4, -0.2) is 59.2 Å². The highest BCUT2D eigenvalue weighted by Gasteiger charge is 2.47. The molecule has 2 aromatic carbocycles. The van der Waals surface area contributed by atoms with Crippen LogP contribution in [0, 0.1) is 6.92 Å². The van der Waals surface area contributed by atoms with Crippen molar-refractivity contribution < 1.29 is 9.90 Å². The molecule has 1 unspecified atom stereocenters. The number of aliphatic hydroxyl groups excluding tert-OH is 1. The third-order valence-electron chi connectivity index (χ3n) is 7.90. The number of nitrogens with one attached hydrogen (secondary N) is 1. The number of amides is 1. The predicted octanol–water partition coefficient (Wildman–Crippen LogP) is 3.61. The second-order valence-corrected chi connectivity index (χ2v) is 10.3. The molecule has 3 heterocycles. The van der Waals surface area contributed by atoms with Crippen molar-refractivity contribution in [1.29, 1.82) is 0 Å². The molecule has 6 rings (SSSR count). The van der Waals surface area contributed by atoms with Gasteiger partial charge in [0.15, 0.2) is 0 Å². The standard InChI is InChI=1S/C28H32N4O2/c1-19-8-9-20(32-16-21(17-32)31-14-4-5-22(33)18-31)15-24(19)27(34)30-28(11-12-28)25-10-13-29-26-7-3-2-6-23(25)26/h2-3,6-10,13,15,21-22,33H,4-5,11-12,14,16-18H2,1H3,(H,30,34). The molecular weight excluding hydrogens is 424 g/mol. The zero-order valence-electron chi connectivity index (χ0n) is 19.7. The lowest BCUT2D eigenvalue weighted by Crippen LogP contribution is -2.61. The van der Waals surface area contributed by atoms with Crippen molar-refractivity contribution >= 4 is 22.5 Å². The number of fused-ring (bicyclic) bond motifs is 1. The molecule has 2 N–H and O–H groups in total. The number of anilines is 1. The number of rotatable bonds is 5. The predicted molar refractivity (Wildman–Crippen MR) is 134 cm³/mol. The van der Waals surface area contributed by atoms with Crippen molar-refractivity contribution in [1.82, 2.24) is 15.2 Å². The molecule has 1 amide bonds. The summed E-state index contributed by atoms with van der Waals surface area (Å²) in [6, 6.07) is 16.9. The van der Waals surface area contributed by atoms with Crippen LogP contribution in [0.2, 0.25) is 0 Å². The van der Waals surface area contributed by atoms with Crippen LogP contribution in [0.1, 0.15) is 47.2 Å². The lowest BCUT2D eigenvalue weighted by molar-refractivity contribution is 0.0387. The van der Waals surface area contributed by atoms with Crippen molar-refractivity contribution in [3.63, 3.8) is 0 Å². The first-order valence-corrected chi connectivity index (χ1v) is 12.5. The van der Waals surface area contributed by atoms with Gasteiger partial charge in [-0.05, 0) is 74.5 Å². The Morgan fingerprint density at radius 1 is 1.12 bits per heavy atom. The van der Waals surface area contributed by atoms with Gasteiger partial charge in [-0.3, -0.25) is 14.7 Å². The van der Waals surface area contributed by atoms with E-state index >= 15 is 0 Å². The van der Waals surface area contributed by atoms with E-state index in [4.69, 9.17) is 0 Å². The van der Waals surface area contributed by atoms with Crippen molar-refractivity contribution in [2.75, 3.05) is 31.1 Å². The molecule has 3 aliphatic rings. The van der Waals surface area contributed by atoms with E-state index in [-0.39, 0.29) is 17.6 Å². The molecule has 1 atom stereocenters. The molecule has 1 aliphatic carbocycles. The topological polar surface area (TPSA) is 68.7 Å². The lowest BCUT2D eigenvalue weighted by Gasteiger charge is -2.48. The number of carbonyl (C=O) groups excluding carboxylic acids is 1. The fraction of sp³-hybridized carbons (Fsp3) is 0.429. The lowest BCUT2D eigenvalue weighted by atomic mass is 9.98. The Balaban J connectivity index is 1.18. The van der Waals surface area contributed by atoms with Gasteiger partial charge in [0.2, 0.25) is 0 Å². The van der Waals surface area contributed by atoms with Gasteiger partial charge in [0.25, 0.3) is 5.91 Å². The molecule has 2 aliphatic heterocycles. The largest absolute Gasteiger partial charge is 0.392 e. The highest BCUT2D eigenvalue weighted by Crippen LogP contribution is 2.48. The van der Waals surface area contributed by atoms with Crippen LogP contribution in [0.3, 0.4) is 0 Å². The Labute approximate surface area is 200 Å². The maximum Gasteiger partial charge on any atom is 0.252 e. The highest BCUT2D eigenvalue weighted by molar-refractivity contribution is 5.98. The quantitative estimate of drug-likeness (QED) is 0.614. The number of carbonyl (C=O) groups is 1.